The minimum Gasteiger partial charge on any atom is -0.480 e. The van der Waals surface area contributed by atoms with Crippen molar-refractivity contribution < 1.29 is 14.7 Å². The van der Waals surface area contributed by atoms with Crippen LogP contribution in [-0.4, -0.2) is 29.7 Å². The van der Waals surface area contributed by atoms with Gasteiger partial charge in [-0.1, -0.05) is 34.6 Å². The first-order valence-corrected chi connectivity index (χ1v) is 5.89. The lowest BCUT2D eigenvalue weighted by molar-refractivity contribution is -0.139. The number of carboxylic acid groups (broad SMARTS) is 1. The Morgan fingerprint density at radius 2 is 1.76 bits per heavy atom. The summed E-state index contributed by atoms with van der Waals surface area (Å²) in [5.41, 5.74) is -0.0197. The number of hydrogen-bond acceptors (Lipinski definition) is 2. The van der Waals surface area contributed by atoms with Crippen molar-refractivity contribution in [3.8, 4) is 0 Å². The summed E-state index contributed by atoms with van der Waals surface area (Å²) in [6.07, 6.45) is 0.429. The van der Waals surface area contributed by atoms with Crippen molar-refractivity contribution in [2.45, 2.75) is 47.1 Å². The molecule has 0 saturated carbocycles. The van der Waals surface area contributed by atoms with Crippen LogP contribution in [0.2, 0.25) is 0 Å². The van der Waals surface area contributed by atoms with Gasteiger partial charge in [-0.05, 0) is 17.8 Å². The molecule has 0 heterocycles. The Kier molecular flexibility index (Phi) is 5.99. The van der Waals surface area contributed by atoms with Gasteiger partial charge in [0.1, 0.15) is 6.04 Å². The second-order valence-electron chi connectivity index (χ2n) is 5.91. The molecule has 17 heavy (non-hydrogen) atoms. The molecular weight excluding hydrogens is 220 g/mol. The van der Waals surface area contributed by atoms with E-state index in [0.29, 0.717) is 13.0 Å². The van der Waals surface area contributed by atoms with Gasteiger partial charge in [-0.15, -0.1) is 0 Å². The maximum Gasteiger partial charge on any atom is 0.326 e. The molecule has 0 aromatic heterocycles. The van der Waals surface area contributed by atoms with Crippen molar-refractivity contribution in [3.05, 3.63) is 0 Å². The fraction of sp³-hybridized carbons (Fsp3) is 0.833. The zero-order chi connectivity index (χ0) is 13.6. The van der Waals surface area contributed by atoms with Crippen LogP contribution in [0.3, 0.4) is 0 Å². The highest BCUT2D eigenvalue weighted by Gasteiger charge is 2.21. The van der Waals surface area contributed by atoms with Gasteiger partial charge in [-0.25, -0.2) is 9.59 Å². The number of urea groups is 1. The van der Waals surface area contributed by atoms with E-state index in [-0.39, 0.29) is 11.3 Å². The van der Waals surface area contributed by atoms with Crippen molar-refractivity contribution in [1.82, 2.24) is 10.6 Å². The molecule has 0 bridgehead atoms. The summed E-state index contributed by atoms with van der Waals surface area (Å²) in [6, 6.07) is -1.25. The number of rotatable bonds is 5. The second kappa shape index (κ2) is 6.47. The smallest absolute Gasteiger partial charge is 0.326 e. The second-order valence-corrected chi connectivity index (χ2v) is 5.91. The molecule has 1 unspecified atom stereocenters. The van der Waals surface area contributed by atoms with E-state index < -0.39 is 18.0 Å². The largest absolute Gasteiger partial charge is 0.480 e. The minimum absolute atomic E-state index is 0.0197. The molecule has 1 atom stereocenters. The monoisotopic (exact) mass is 244 g/mol. The van der Waals surface area contributed by atoms with E-state index in [0.717, 1.165) is 0 Å². The number of carbonyl (C=O) groups is 2. The van der Waals surface area contributed by atoms with Gasteiger partial charge in [0, 0.05) is 6.54 Å². The van der Waals surface area contributed by atoms with Gasteiger partial charge in [-0.2, -0.15) is 0 Å². The summed E-state index contributed by atoms with van der Waals surface area (Å²) >= 11 is 0. The lowest BCUT2D eigenvalue weighted by Crippen LogP contribution is -2.48. The summed E-state index contributed by atoms with van der Waals surface area (Å²) in [6.45, 7) is 10.3. The topological polar surface area (TPSA) is 78.4 Å². The van der Waals surface area contributed by atoms with Crippen molar-refractivity contribution in [3.63, 3.8) is 0 Å². The Bertz CT molecular complexity index is 269. The van der Waals surface area contributed by atoms with Crippen molar-refractivity contribution in [1.29, 1.82) is 0 Å². The Balaban J connectivity index is 4.18. The third-order valence-corrected chi connectivity index (χ3v) is 2.09. The average molecular weight is 244 g/mol. The molecule has 0 saturated heterocycles. The van der Waals surface area contributed by atoms with Crippen molar-refractivity contribution in [2.24, 2.45) is 11.3 Å². The van der Waals surface area contributed by atoms with Gasteiger partial charge in [0.2, 0.25) is 0 Å². The molecule has 0 fully saturated rings. The standard InChI is InChI=1S/C12H24N2O3/c1-8(2)6-9(10(15)16)14-11(17)13-7-12(3,4)5/h8-9H,6-7H2,1-5H3,(H,15,16)(H2,13,14,17). The van der Waals surface area contributed by atoms with Crippen molar-refractivity contribution in [2.75, 3.05) is 6.54 Å². The third-order valence-electron chi connectivity index (χ3n) is 2.09. The molecular formula is C12H24N2O3. The predicted octanol–water partition coefficient (Wildman–Crippen LogP) is 1.83. The number of aliphatic carboxylic acids is 1. The van der Waals surface area contributed by atoms with E-state index in [9.17, 15) is 9.59 Å². The zero-order valence-corrected chi connectivity index (χ0v) is 11.3. The van der Waals surface area contributed by atoms with Crippen LogP contribution in [0.25, 0.3) is 0 Å². The molecule has 3 N–H and O–H groups in total. The first-order valence-electron chi connectivity index (χ1n) is 5.89. The molecule has 0 aliphatic carbocycles. The summed E-state index contributed by atoms with van der Waals surface area (Å²) in [4.78, 5) is 22.4. The highest BCUT2D eigenvalue weighted by atomic mass is 16.4. The Morgan fingerprint density at radius 3 is 2.12 bits per heavy atom. The molecule has 0 aromatic rings. The Hall–Kier alpha value is -1.26. The number of carbonyl (C=O) groups excluding carboxylic acids is 1. The molecule has 5 heteroatoms. The fourth-order valence-electron chi connectivity index (χ4n) is 1.25. The molecule has 0 aliphatic rings. The van der Waals surface area contributed by atoms with Crippen LogP contribution >= 0.6 is 0 Å². The lowest BCUT2D eigenvalue weighted by atomic mass is 9.97. The molecule has 0 aliphatic heterocycles. The van der Waals surface area contributed by atoms with Gasteiger partial charge >= 0.3 is 12.0 Å². The van der Waals surface area contributed by atoms with Crippen LogP contribution in [0.15, 0.2) is 0 Å². The fourth-order valence-corrected chi connectivity index (χ4v) is 1.25. The Labute approximate surface area is 103 Å². The molecule has 0 aromatic carbocycles. The summed E-state index contributed by atoms with van der Waals surface area (Å²) in [7, 11) is 0. The molecule has 5 nitrogen and oxygen atoms in total. The summed E-state index contributed by atoms with van der Waals surface area (Å²) in [5, 5.41) is 14.1. The number of carboxylic acids is 1. The predicted molar refractivity (Wildman–Crippen MR) is 66.9 cm³/mol. The van der Waals surface area contributed by atoms with Gasteiger partial charge < -0.3 is 15.7 Å². The third kappa shape index (κ3) is 8.54. The molecule has 0 rings (SSSR count). The first-order chi connectivity index (χ1) is 7.61. The van der Waals surface area contributed by atoms with Crippen LogP contribution in [0.5, 0.6) is 0 Å². The number of amides is 2. The van der Waals surface area contributed by atoms with Gasteiger partial charge in [-0.3, -0.25) is 0 Å². The maximum atomic E-state index is 11.5. The van der Waals surface area contributed by atoms with Crippen LogP contribution in [-0.2, 0) is 4.79 Å². The van der Waals surface area contributed by atoms with E-state index >= 15 is 0 Å². The lowest BCUT2D eigenvalue weighted by Gasteiger charge is -2.21. The quantitative estimate of drug-likeness (QED) is 0.690. The minimum atomic E-state index is -0.996. The molecule has 0 spiro atoms. The maximum absolute atomic E-state index is 11.5. The van der Waals surface area contributed by atoms with Crippen LogP contribution in [0.4, 0.5) is 4.79 Å². The van der Waals surface area contributed by atoms with E-state index in [1.165, 1.54) is 0 Å². The molecule has 2 amide bonds. The van der Waals surface area contributed by atoms with Gasteiger partial charge in [0.05, 0.1) is 0 Å². The molecule has 0 radical (unpaired) electrons. The number of nitrogens with one attached hydrogen (secondary N) is 2. The summed E-state index contributed by atoms with van der Waals surface area (Å²) < 4.78 is 0. The highest BCUT2D eigenvalue weighted by Crippen LogP contribution is 2.10. The normalized spacial score (nSPS) is 13.3. The van der Waals surface area contributed by atoms with Gasteiger partial charge in [0.25, 0.3) is 0 Å². The summed E-state index contributed by atoms with van der Waals surface area (Å²) in [5.74, 6) is -0.774. The van der Waals surface area contributed by atoms with E-state index in [1.54, 1.807) is 0 Å². The first kappa shape index (κ1) is 15.7. The van der Waals surface area contributed by atoms with E-state index in [1.807, 2.05) is 34.6 Å². The molecule has 100 valence electrons. The average Bonchev–Trinajstić information content (AvgIpc) is 2.11. The van der Waals surface area contributed by atoms with Crippen LogP contribution in [0.1, 0.15) is 41.0 Å². The van der Waals surface area contributed by atoms with Crippen LogP contribution in [0, 0.1) is 11.3 Å². The van der Waals surface area contributed by atoms with Gasteiger partial charge in [0.15, 0.2) is 0 Å². The Morgan fingerprint density at radius 1 is 1.24 bits per heavy atom. The zero-order valence-electron chi connectivity index (χ0n) is 11.3. The van der Waals surface area contributed by atoms with Crippen molar-refractivity contribution >= 4 is 12.0 Å². The van der Waals surface area contributed by atoms with Crippen LogP contribution < -0.4 is 10.6 Å². The highest BCUT2D eigenvalue weighted by molar-refractivity contribution is 5.82. The van der Waals surface area contributed by atoms with E-state index in [4.69, 9.17) is 5.11 Å². The number of hydrogen-bond donors (Lipinski definition) is 3. The van der Waals surface area contributed by atoms with E-state index in [2.05, 4.69) is 10.6 Å². The SMILES string of the molecule is CC(C)CC(NC(=O)NCC(C)(C)C)C(=O)O.